The first-order valence-corrected chi connectivity index (χ1v) is 10.8. The predicted octanol–water partition coefficient (Wildman–Crippen LogP) is -7.29. The minimum Gasteiger partial charge on any atom is -0.394 e. The van der Waals surface area contributed by atoms with Crippen LogP contribution in [0.25, 0.3) is 0 Å². The molecule has 0 spiro atoms. The third-order valence-corrected chi connectivity index (χ3v) is 6.48. The van der Waals surface area contributed by atoms with Crippen molar-refractivity contribution in [1.29, 1.82) is 0 Å². The smallest absolute Gasteiger partial charge is 0.187 e. The number of ether oxygens (including phenoxy) is 4. The third kappa shape index (κ3) is 5.32. The van der Waals surface area contributed by atoms with Crippen LogP contribution in [-0.4, -0.2) is 141 Å². The van der Waals surface area contributed by atoms with Crippen LogP contribution < -0.4 is 22.9 Å². The van der Waals surface area contributed by atoms with E-state index in [2.05, 4.69) is 0 Å². The second-order valence-corrected chi connectivity index (χ2v) is 8.79. The zero-order valence-corrected chi connectivity index (χ0v) is 17.9. The van der Waals surface area contributed by atoms with Crippen LogP contribution in [-0.2, 0) is 18.9 Å². The SMILES string of the molecule is NCC1O[C@H](OC2C(N)CC(N)[C@@H](OC3O[C@H](CO)C(O)[C@@H](N)[C@H]3O)[C@H]2O)C(O)[C@@H](O)[C@@H]1O. The van der Waals surface area contributed by atoms with Crippen molar-refractivity contribution in [3.05, 3.63) is 0 Å². The summed E-state index contributed by atoms with van der Waals surface area (Å²) in [6, 6.07) is -2.86. The predicted molar refractivity (Wildman–Crippen MR) is 108 cm³/mol. The summed E-state index contributed by atoms with van der Waals surface area (Å²) in [6.45, 7) is -0.763. The van der Waals surface area contributed by atoms with Gasteiger partial charge >= 0.3 is 0 Å². The fourth-order valence-corrected chi connectivity index (χ4v) is 4.40. The van der Waals surface area contributed by atoms with Crippen LogP contribution in [0, 0.1) is 0 Å². The summed E-state index contributed by atoms with van der Waals surface area (Å²) in [4.78, 5) is 0. The van der Waals surface area contributed by atoms with E-state index in [1.165, 1.54) is 0 Å². The highest BCUT2D eigenvalue weighted by Gasteiger charge is 2.51. The van der Waals surface area contributed by atoms with Gasteiger partial charge in [0.05, 0.1) is 12.6 Å². The van der Waals surface area contributed by atoms with Crippen molar-refractivity contribution in [3.8, 4) is 0 Å². The molecule has 3 rings (SSSR count). The highest BCUT2D eigenvalue weighted by Crippen LogP contribution is 2.31. The molecule has 2 heterocycles. The molecule has 2 aliphatic heterocycles. The van der Waals surface area contributed by atoms with Gasteiger partial charge in [-0.15, -0.1) is 0 Å². The molecule has 194 valence electrons. The Balaban J connectivity index is 1.72. The lowest BCUT2D eigenvalue weighted by atomic mass is 9.84. The number of hydrogen-bond acceptors (Lipinski definition) is 15. The van der Waals surface area contributed by atoms with Crippen molar-refractivity contribution in [2.75, 3.05) is 13.2 Å². The van der Waals surface area contributed by atoms with Crippen molar-refractivity contribution < 1.29 is 54.7 Å². The van der Waals surface area contributed by atoms with Crippen LogP contribution in [0.3, 0.4) is 0 Å². The molecule has 15 nitrogen and oxygen atoms in total. The molecule has 0 aromatic carbocycles. The van der Waals surface area contributed by atoms with E-state index in [0.29, 0.717) is 0 Å². The van der Waals surface area contributed by atoms with Gasteiger partial charge in [-0.05, 0) is 6.42 Å². The van der Waals surface area contributed by atoms with Crippen molar-refractivity contribution in [2.45, 2.75) is 98.2 Å². The van der Waals surface area contributed by atoms with Gasteiger partial charge in [-0.1, -0.05) is 0 Å². The second-order valence-electron chi connectivity index (χ2n) is 8.79. The fraction of sp³-hybridized carbons (Fsp3) is 1.00. The van der Waals surface area contributed by atoms with Gasteiger partial charge in [-0.3, -0.25) is 0 Å². The summed E-state index contributed by atoms with van der Waals surface area (Å²) in [5, 5.41) is 70.9. The molecular formula is C18H36N4O11. The van der Waals surface area contributed by atoms with Crippen molar-refractivity contribution in [1.82, 2.24) is 0 Å². The molecule has 0 aromatic heterocycles. The first-order valence-electron chi connectivity index (χ1n) is 10.8. The number of rotatable bonds is 6. The zero-order valence-electron chi connectivity index (χ0n) is 17.9. The molecule has 7 unspecified atom stereocenters. The minimum absolute atomic E-state index is 0.0849. The molecule has 15 heteroatoms. The number of aliphatic hydroxyl groups is 7. The summed E-state index contributed by atoms with van der Waals surface area (Å²) in [5.41, 5.74) is 23.5. The highest BCUT2D eigenvalue weighted by atomic mass is 16.7. The van der Waals surface area contributed by atoms with Gasteiger partial charge in [-0.25, -0.2) is 0 Å². The van der Waals surface area contributed by atoms with E-state index in [0.717, 1.165) is 0 Å². The van der Waals surface area contributed by atoms with Gasteiger partial charge in [0, 0.05) is 18.6 Å². The fourth-order valence-electron chi connectivity index (χ4n) is 4.40. The molecule has 2 saturated heterocycles. The Morgan fingerprint density at radius 3 is 1.70 bits per heavy atom. The lowest BCUT2D eigenvalue weighted by Gasteiger charge is -2.48. The molecule has 1 aliphatic carbocycles. The molecule has 0 radical (unpaired) electrons. The average Bonchev–Trinajstić information content (AvgIpc) is 2.79. The summed E-state index contributed by atoms with van der Waals surface area (Å²) in [5.74, 6) is 0. The van der Waals surface area contributed by atoms with Crippen molar-refractivity contribution >= 4 is 0 Å². The van der Waals surface area contributed by atoms with E-state index in [1.54, 1.807) is 0 Å². The molecule has 0 aromatic rings. The first-order chi connectivity index (χ1) is 15.5. The van der Waals surface area contributed by atoms with Gasteiger partial charge in [0.1, 0.15) is 61.0 Å². The van der Waals surface area contributed by atoms with Gasteiger partial charge in [0.25, 0.3) is 0 Å². The Morgan fingerprint density at radius 1 is 0.667 bits per heavy atom. The minimum atomic E-state index is -1.66. The number of aliphatic hydroxyl groups excluding tert-OH is 7. The van der Waals surface area contributed by atoms with E-state index < -0.39 is 98.4 Å². The molecule has 1 saturated carbocycles. The van der Waals surface area contributed by atoms with Crippen molar-refractivity contribution in [3.63, 3.8) is 0 Å². The Morgan fingerprint density at radius 2 is 1.18 bits per heavy atom. The average molecular weight is 485 g/mol. The lowest BCUT2D eigenvalue weighted by molar-refractivity contribution is -0.332. The van der Waals surface area contributed by atoms with Gasteiger partial charge in [0.2, 0.25) is 0 Å². The molecule has 15 N–H and O–H groups in total. The van der Waals surface area contributed by atoms with Crippen LogP contribution in [0.4, 0.5) is 0 Å². The normalized spacial score (nSPS) is 53.7. The van der Waals surface area contributed by atoms with Crippen LogP contribution in [0.2, 0.25) is 0 Å². The zero-order chi connectivity index (χ0) is 24.6. The maximum atomic E-state index is 10.9. The number of nitrogens with two attached hydrogens (primary N) is 4. The molecule has 33 heavy (non-hydrogen) atoms. The van der Waals surface area contributed by atoms with E-state index >= 15 is 0 Å². The molecular weight excluding hydrogens is 448 g/mol. The third-order valence-electron chi connectivity index (χ3n) is 6.48. The highest BCUT2D eigenvalue weighted by molar-refractivity contribution is 5.01. The van der Waals surface area contributed by atoms with Crippen LogP contribution in [0.15, 0.2) is 0 Å². The Kier molecular flexibility index (Phi) is 8.99. The van der Waals surface area contributed by atoms with E-state index in [4.69, 9.17) is 41.9 Å². The lowest BCUT2D eigenvalue weighted by Crippen LogP contribution is -2.68. The maximum Gasteiger partial charge on any atom is 0.187 e. The van der Waals surface area contributed by atoms with Gasteiger partial charge in [-0.2, -0.15) is 0 Å². The summed E-state index contributed by atoms with van der Waals surface area (Å²) in [7, 11) is 0. The molecule has 3 aliphatic rings. The standard InChI is InChI=1S/C18H36N4O11/c19-2-6-10(25)12(27)13(28)18(30-6)33-16-5(21)1-4(20)15(14(16)29)32-17-11(26)8(22)9(24)7(3-23)31-17/h4-18,23-29H,1-3,19-22H2/t4?,5?,6?,7-,8-,9?,10-,11-,12+,13?,14-,15-,16?,17?,18-/m1/s1. The van der Waals surface area contributed by atoms with Crippen molar-refractivity contribution in [2.24, 2.45) is 22.9 Å². The van der Waals surface area contributed by atoms with Gasteiger partial charge < -0.3 is 77.6 Å². The van der Waals surface area contributed by atoms with Crippen LogP contribution in [0.1, 0.15) is 6.42 Å². The quantitative estimate of drug-likeness (QED) is 0.167. The molecule has 3 fully saturated rings. The van der Waals surface area contributed by atoms with E-state index in [1.807, 2.05) is 0 Å². The molecule has 15 atom stereocenters. The Labute approximate surface area is 189 Å². The summed E-state index contributed by atoms with van der Waals surface area (Å²) >= 11 is 0. The second kappa shape index (κ2) is 11.0. The van der Waals surface area contributed by atoms with E-state index in [-0.39, 0.29) is 13.0 Å². The summed E-state index contributed by atoms with van der Waals surface area (Å²) < 4.78 is 22.2. The largest absolute Gasteiger partial charge is 0.394 e. The van der Waals surface area contributed by atoms with Crippen LogP contribution >= 0.6 is 0 Å². The van der Waals surface area contributed by atoms with Crippen LogP contribution in [0.5, 0.6) is 0 Å². The van der Waals surface area contributed by atoms with E-state index in [9.17, 15) is 35.7 Å². The van der Waals surface area contributed by atoms with Gasteiger partial charge in [0.15, 0.2) is 12.6 Å². The molecule has 0 bridgehead atoms. The topological polar surface area (TPSA) is 283 Å². The Hall–Kier alpha value is -0.600. The first kappa shape index (κ1) is 27.0. The maximum absolute atomic E-state index is 10.9. The Bertz CT molecular complexity index is 584. The number of hydrogen-bond donors (Lipinski definition) is 11. The summed E-state index contributed by atoms with van der Waals surface area (Å²) in [6.07, 6.45) is -16.5. The monoisotopic (exact) mass is 484 g/mol. The molecule has 0 amide bonds.